The number of likely N-dealkylation sites (N-methyl/N-ethyl adjacent to an activating group) is 1. The van der Waals surface area contributed by atoms with Gasteiger partial charge in [0.1, 0.15) is 5.82 Å². The maximum Gasteiger partial charge on any atom is 0.224 e. The molecule has 1 aromatic carbocycles. The highest BCUT2D eigenvalue weighted by atomic mass is 16.2. The molecule has 2 heterocycles. The van der Waals surface area contributed by atoms with Gasteiger partial charge in [-0.15, -0.1) is 0 Å². The number of anilines is 2. The van der Waals surface area contributed by atoms with E-state index in [9.17, 15) is 9.59 Å². The molecule has 2 aromatic rings. The van der Waals surface area contributed by atoms with Crippen molar-refractivity contribution < 1.29 is 9.59 Å². The van der Waals surface area contributed by atoms with Gasteiger partial charge in [-0.1, -0.05) is 33.6 Å². The number of pyridine rings is 1. The van der Waals surface area contributed by atoms with Gasteiger partial charge in [0, 0.05) is 56.1 Å². The molecule has 7 heteroatoms. The molecule has 2 amide bonds. The molecular formula is C28H41N5O2. The van der Waals surface area contributed by atoms with E-state index in [2.05, 4.69) is 54.2 Å². The summed E-state index contributed by atoms with van der Waals surface area (Å²) in [4.78, 5) is 34.7. The van der Waals surface area contributed by atoms with E-state index in [1.54, 1.807) is 0 Å². The maximum absolute atomic E-state index is 12.5. The molecule has 7 nitrogen and oxygen atoms in total. The zero-order valence-corrected chi connectivity index (χ0v) is 21.8. The Bertz CT molecular complexity index is 1050. The third-order valence-electron chi connectivity index (χ3n) is 8.06. The lowest BCUT2D eigenvalue weighted by Gasteiger charge is -2.35. The zero-order valence-electron chi connectivity index (χ0n) is 21.8. The summed E-state index contributed by atoms with van der Waals surface area (Å²) in [5.41, 5.74) is 2.83. The van der Waals surface area contributed by atoms with Crippen LogP contribution < -0.4 is 15.5 Å². The van der Waals surface area contributed by atoms with E-state index in [4.69, 9.17) is 4.98 Å². The minimum absolute atomic E-state index is 0.0306. The lowest BCUT2D eigenvalue weighted by atomic mass is 9.78. The van der Waals surface area contributed by atoms with Crippen LogP contribution in [0.1, 0.15) is 58.4 Å². The molecule has 2 fully saturated rings. The van der Waals surface area contributed by atoms with Crippen LogP contribution in [-0.4, -0.2) is 60.5 Å². The van der Waals surface area contributed by atoms with Crippen LogP contribution in [-0.2, 0) is 9.59 Å². The number of rotatable bonds is 7. The standard InChI is InChI=1S/C28H41N5O2/c1-5-32-13-15-33(16-14-32)26-17-20(3)23-18-22(9-10-25(23)30-26)29-27(34)11-12-28(35)31-24-8-6-7-19(2)21(24)4/h9-10,17-19,21,24H,5-8,11-16H2,1-4H3,(H,29,34)(H,31,35)/t19-,21+,24+/m0/s1. The van der Waals surface area contributed by atoms with E-state index in [1.807, 2.05) is 18.2 Å². The predicted molar refractivity (Wildman–Crippen MR) is 143 cm³/mol. The predicted octanol–water partition coefficient (Wildman–Crippen LogP) is 4.34. The third-order valence-corrected chi connectivity index (χ3v) is 8.06. The first-order valence-corrected chi connectivity index (χ1v) is 13.3. The first kappa shape index (κ1) is 25.4. The summed E-state index contributed by atoms with van der Waals surface area (Å²) in [6.45, 7) is 14.0. The molecule has 1 aliphatic carbocycles. The molecule has 0 spiro atoms. The quantitative estimate of drug-likeness (QED) is 0.618. The van der Waals surface area contributed by atoms with Crippen LogP contribution in [0.4, 0.5) is 11.5 Å². The number of nitrogens with one attached hydrogen (secondary N) is 2. The number of fused-ring (bicyclic) bond motifs is 1. The van der Waals surface area contributed by atoms with Gasteiger partial charge in [0.2, 0.25) is 11.8 Å². The van der Waals surface area contributed by atoms with Crippen LogP contribution >= 0.6 is 0 Å². The van der Waals surface area contributed by atoms with Gasteiger partial charge in [0.25, 0.3) is 0 Å². The number of aromatic nitrogens is 1. The molecule has 0 bridgehead atoms. The summed E-state index contributed by atoms with van der Waals surface area (Å²) in [6, 6.07) is 8.23. The number of amides is 2. The lowest BCUT2D eigenvalue weighted by molar-refractivity contribution is -0.125. The van der Waals surface area contributed by atoms with Crippen molar-refractivity contribution in [1.82, 2.24) is 15.2 Å². The molecule has 1 aliphatic heterocycles. The minimum Gasteiger partial charge on any atom is -0.354 e. The molecule has 0 unspecified atom stereocenters. The second-order valence-electron chi connectivity index (χ2n) is 10.4. The highest BCUT2D eigenvalue weighted by Crippen LogP contribution is 2.29. The van der Waals surface area contributed by atoms with Crippen LogP contribution in [0.3, 0.4) is 0 Å². The normalized spacial score (nSPS) is 23.3. The molecular weight excluding hydrogens is 438 g/mol. The average molecular weight is 480 g/mol. The smallest absolute Gasteiger partial charge is 0.224 e. The van der Waals surface area contributed by atoms with Crippen molar-refractivity contribution in [3.05, 3.63) is 29.8 Å². The molecule has 190 valence electrons. The lowest BCUT2D eigenvalue weighted by Crippen LogP contribution is -2.46. The summed E-state index contributed by atoms with van der Waals surface area (Å²) in [5, 5.41) is 7.16. The number of piperazine rings is 1. The molecule has 4 rings (SSSR count). The van der Waals surface area contributed by atoms with E-state index in [1.165, 1.54) is 6.42 Å². The van der Waals surface area contributed by atoms with E-state index in [0.29, 0.717) is 11.8 Å². The van der Waals surface area contributed by atoms with Gasteiger partial charge in [-0.3, -0.25) is 9.59 Å². The Hall–Kier alpha value is -2.67. The monoisotopic (exact) mass is 479 g/mol. The van der Waals surface area contributed by atoms with Crippen LogP contribution in [0, 0.1) is 18.8 Å². The fourth-order valence-electron chi connectivity index (χ4n) is 5.42. The minimum atomic E-state index is -0.138. The first-order valence-electron chi connectivity index (χ1n) is 13.3. The van der Waals surface area contributed by atoms with Crippen LogP contribution in [0.5, 0.6) is 0 Å². The van der Waals surface area contributed by atoms with Crippen molar-refractivity contribution in [3.63, 3.8) is 0 Å². The topological polar surface area (TPSA) is 77.6 Å². The molecule has 0 radical (unpaired) electrons. The van der Waals surface area contributed by atoms with E-state index in [0.717, 1.165) is 73.5 Å². The number of carbonyl (C=O) groups is 2. The number of nitrogens with zero attached hydrogens (tertiary/aromatic N) is 3. The zero-order chi connectivity index (χ0) is 24.9. The van der Waals surface area contributed by atoms with Gasteiger partial charge < -0.3 is 20.4 Å². The molecule has 2 N–H and O–H groups in total. The number of hydrogen-bond acceptors (Lipinski definition) is 5. The summed E-state index contributed by atoms with van der Waals surface area (Å²) < 4.78 is 0. The van der Waals surface area contributed by atoms with Gasteiger partial charge in [-0.25, -0.2) is 4.98 Å². The Labute approximate surface area is 209 Å². The molecule has 1 saturated carbocycles. The van der Waals surface area contributed by atoms with E-state index < -0.39 is 0 Å². The summed E-state index contributed by atoms with van der Waals surface area (Å²) in [6.07, 6.45) is 3.81. The van der Waals surface area contributed by atoms with Crippen molar-refractivity contribution in [1.29, 1.82) is 0 Å². The van der Waals surface area contributed by atoms with Gasteiger partial charge in [-0.05, 0) is 61.6 Å². The van der Waals surface area contributed by atoms with Gasteiger partial charge >= 0.3 is 0 Å². The average Bonchev–Trinajstić information content (AvgIpc) is 2.86. The van der Waals surface area contributed by atoms with Crippen molar-refractivity contribution in [2.45, 2.75) is 65.8 Å². The van der Waals surface area contributed by atoms with Gasteiger partial charge in [0.05, 0.1) is 5.52 Å². The van der Waals surface area contributed by atoms with Crippen molar-refractivity contribution in [2.75, 3.05) is 42.9 Å². The number of aryl methyl sites for hydroxylation is 1. The van der Waals surface area contributed by atoms with Gasteiger partial charge in [-0.2, -0.15) is 0 Å². The molecule has 1 saturated heterocycles. The Morgan fingerprint density at radius 3 is 2.51 bits per heavy atom. The Kier molecular flexibility index (Phi) is 8.26. The second-order valence-corrected chi connectivity index (χ2v) is 10.4. The van der Waals surface area contributed by atoms with Crippen molar-refractivity contribution >= 4 is 34.2 Å². The van der Waals surface area contributed by atoms with Crippen LogP contribution in [0.15, 0.2) is 24.3 Å². The Morgan fingerprint density at radius 2 is 1.77 bits per heavy atom. The molecule has 3 atom stereocenters. The Morgan fingerprint density at radius 1 is 1.03 bits per heavy atom. The number of hydrogen-bond donors (Lipinski definition) is 2. The van der Waals surface area contributed by atoms with Crippen LogP contribution in [0.2, 0.25) is 0 Å². The van der Waals surface area contributed by atoms with E-state index >= 15 is 0 Å². The largest absolute Gasteiger partial charge is 0.354 e. The first-order chi connectivity index (χ1) is 16.8. The van der Waals surface area contributed by atoms with Crippen molar-refractivity contribution in [3.8, 4) is 0 Å². The molecule has 2 aliphatic rings. The highest BCUT2D eigenvalue weighted by molar-refractivity contribution is 5.96. The highest BCUT2D eigenvalue weighted by Gasteiger charge is 2.28. The number of benzene rings is 1. The maximum atomic E-state index is 12.5. The second kappa shape index (κ2) is 11.4. The summed E-state index contributed by atoms with van der Waals surface area (Å²) >= 11 is 0. The summed E-state index contributed by atoms with van der Waals surface area (Å²) in [7, 11) is 0. The van der Waals surface area contributed by atoms with Crippen molar-refractivity contribution in [2.24, 2.45) is 11.8 Å². The fraction of sp³-hybridized carbons (Fsp3) is 0.607. The molecule has 35 heavy (non-hydrogen) atoms. The van der Waals surface area contributed by atoms with Gasteiger partial charge in [0.15, 0.2) is 0 Å². The number of carbonyl (C=O) groups excluding carboxylic acids is 2. The molecule has 1 aromatic heterocycles. The Balaban J connectivity index is 1.32. The summed E-state index contributed by atoms with van der Waals surface area (Å²) in [5.74, 6) is 1.97. The fourth-order valence-corrected chi connectivity index (χ4v) is 5.42. The van der Waals surface area contributed by atoms with E-state index in [-0.39, 0.29) is 30.7 Å². The SMILES string of the molecule is CCN1CCN(c2cc(C)c3cc(NC(=O)CCC(=O)N[C@@H]4CCC[C@H](C)[C@H]4C)ccc3n2)CC1. The third kappa shape index (κ3) is 6.31. The van der Waals surface area contributed by atoms with Crippen LogP contribution in [0.25, 0.3) is 10.9 Å².